The zero-order chi connectivity index (χ0) is 16.4. The summed E-state index contributed by atoms with van der Waals surface area (Å²) in [5, 5.41) is 4.26. The molecule has 3 rings (SSSR count). The van der Waals surface area contributed by atoms with Gasteiger partial charge < -0.3 is 0 Å². The van der Waals surface area contributed by atoms with Gasteiger partial charge >= 0.3 is 0 Å². The summed E-state index contributed by atoms with van der Waals surface area (Å²) in [6.07, 6.45) is 0. The van der Waals surface area contributed by atoms with Crippen LogP contribution in [0.15, 0.2) is 41.5 Å². The molecule has 2 amide bonds. The lowest BCUT2D eigenvalue weighted by atomic mass is 10.3. The summed E-state index contributed by atoms with van der Waals surface area (Å²) in [6, 6.07) is 8.82. The normalized spacial score (nSPS) is 16.2. The van der Waals surface area contributed by atoms with E-state index in [1.165, 1.54) is 34.9 Å². The van der Waals surface area contributed by atoms with Gasteiger partial charge in [-0.2, -0.15) is 0 Å². The molecule has 118 valence electrons. The molecule has 1 aromatic carbocycles. The topological polar surface area (TPSA) is 61.8 Å². The molecule has 5 nitrogen and oxygen atoms in total. The van der Waals surface area contributed by atoms with E-state index in [4.69, 9.17) is 11.6 Å². The summed E-state index contributed by atoms with van der Waals surface area (Å²) in [5.74, 6) is -0.930. The van der Waals surface area contributed by atoms with Crippen molar-refractivity contribution in [1.29, 1.82) is 0 Å². The molecule has 0 unspecified atom stereocenters. The fraction of sp³-hybridized carbons (Fsp3) is 0.0714. The maximum Gasteiger partial charge on any atom is 0.281 e. The second kappa shape index (κ2) is 6.69. The van der Waals surface area contributed by atoms with Gasteiger partial charge in [0.15, 0.2) is 5.17 Å². The van der Waals surface area contributed by atoms with Crippen LogP contribution >= 0.6 is 34.7 Å². The van der Waals surface area contributed by atoms with E-state index >= 15 is 0 Å². The predicted molar refractivity (Wildman–Crippen MR) is 90.6 cm³/mol. The van der Waals surface area contributed by atoms with E-state index in [2.05, 4.69) is 10.5 Å². The van der Waals surface area contributed by atoms with Gasteiger partial charge in [0, 0.05) is 0 Å². The maximum absolute atomic E-state index is 13.3. The Labute approximate surface area is 144 Å². The first-order valence-corrected chi connectivity index (χ1v) is 8.57. The molecule has 0 aliphatic carbocycles. The Kier molecular flexibility index (Phi) is 4.65. The van der Waals surface area contributed by atoms with Gasteiger partial charge in [0.05, 0.1) is 20.7 Å². The van der Waals surface area contributed by atoms with Gasteiger partial charge in [0.25, 0.3) is 5.91 Å². The Hall–Kier alpha value is -1.90. The number of carbonyl (C=O) groups is 2. The second-order valence-electron chi connectivity index (χ2n) is 4.44. The number of hydrazone groups is 1. The van der Waals surface area contributed by atoms with E-state index in [-0.39, 0.29) is 16.8 Å². The van der Waals surface area contributed by atoms with E-state index in [9.17, 15) is 14.0 Å². The van der Waals surface area contributed by atoms with Crippen molar-refractivity contribution in [1.82, 2.24) is 5.43 Å². The zero-order valence-electron chi connectivity index (χ0n) is 11.5. The summed E-state index contributed by atoms with van der Waals surface area (Å²) >= 11 is 8.07. The minimum atomic E-state index is -0.455. The van der Waals surface area contributed by atoms with Crippen LogP contribution in [0.2, 0.25) is 4.34 Å². The van der Waals surface area contributed by atoms with E-state index in [0.29, 0.717) is 14.9 Å². The summed E-state index contributed by atoms with van der Waals surface area (Å²) in [6.45, 7) is 0. The molecule has 1 saturated heterocycles. The van der Waals surface area contributed by atoms with Gasteiger partial charge in [0.2, 0.25) is 5.91 Å². The first kappa shape index (κ1) is 16.0. The monoisotopic (exact) mass is 369 g/mol. The summed E-state index contributed by atoms with van der Waals surface area (Å²) in [5.41, 5.74) is 2.75. The van der Waals surface area contributed by atoms with Gasteiger partial charge in [-0.3, -0.25) is 14.5 Å². The van der Waals surface area contributed by atoms with Crippen LogP contribution in [0.25, 0.3) is 0 Å². The van der Waals surface area contributed by atoms with Crippen LogP contribution < -0.4 is 10.3 Å². The standard InChI is InChI=1S/C14H9ClFN3O2S2/c15-11-5-4-10(23-11)13(21)17-18-14-19(12(20)7-22-14)9-3-1-2-8(16)6-9/h1-6H,7H2,(H,17,21)/b18-14-. The third-order valence-corrected chi connectivity index (χ3v) is 5.04. The fourth-order valence-electron chi connectivity index (χ4n) is 1.90. The molecular formula is C14H9ClFN3O2S2. The third-order valence-electron chi connectivity index (χ3n) is 2.88. The SMILES string of the molecule is O=C(N/N=C1\SCC(=O)N1c1cccc(F)c1)c1ccc(Cl)s1. The Morgan fingerprint density at radius 3 is 2.87 bits per heavy atom. The average molecular weight is 370 g/mol. The number of halogens is 2. The molecule has 23 heavy (non-hydrogen) atoms. The molecule has 0 radical (unpaired) electrons. The Bertz CT molecular complexity index is 809. The number of benzene rings is 1. The Morgan fingerprint density at radius 1 is 1.35 bits per heavy atom. The number of hydrogen-bond acceptors (Lipinski definition) is 5. The lowest BCUT2D eigenvalue weighted by Crippen LogP contribution is -2.31. The number of amidine groups is 1. The fourth-order valence-corrected chi connectivity index (χ4v) is 3.67. The largest absolute Gasteiger partial charge is 0.281 e. The van der Waals surface area contributed by atoms with E-state index < -0.39 is 11.7 Å². The van der Waals surface area contributed by atoms with Crippen molar-refractivity contribution in [2.45, 2.75) is 0 Å². The van der Waals surface area contributed by atoms with Crippen LogP contribution in [0.3, 0.4) is 0 Å². The molecule has 1 fully saturated rings. The molecule has 2 heterocycles. The van der Waals surface area contributed by atoms with Crippen LogP contribution in [0, 0.1) is 5.82 Å². The number of nitrogens with one attached hydrogen (secondary N) is 1. The van der Waals surface area contributed by atoms with Gasteiger partial charge in [-0.25, -0.2) is 9.82 Å². The number of hydrogen-bond donors (Lipinski definition) is 1. The van der Waals surface area contributed by atoms with E-state index in [1.807, 2.05) is 0 Å². The number of nitrogens with zero attached hydrogens (tertiary/aromatic N) is 2. The average Bonchev–Trinajstić information content (AvgIpc) is 3.11. The Balaban J connectivity index is 1.80. The minimum Gasteiger partial charge on any atom is -0.273 e. The highest BCUT2D eigenvalue weighted by atomic mass is 35.5. The van der Waals surface area contributed by atoms with Crippen molar-refractivity contribution in [2.75, 3.05) is 10.7 Å². The second-order valence-corrected chi connectivity index (χ2v) is 7.09. The van der Waals surface area contributed by atoms with Crippen molar-refractivity contribution in [3.8, 4) is 0 Å². The summed E-state index contributed by atoms with van der Waals surface area (Å²) in [4.78, 5) is 25.6. The number of thioether (sulfide) groups is 1. The van der Waals surface area contributed by atoms with Crippen molar-refractivity contribution in [2.24, 2.45) is 5.10 Å². The number of amides is 2. The summed E-state index contributed by atoms with van der Waals surface area (Å²) < 4.78 is 13.8. The molecule has 1 aromatic heterocycles. The molecule has 9 heteroatoms. The lowest BCUT2D eigenvalue weighted by molar-refractivity contribution is -0.115. The van der Waals surface area contributed by atoms with E-state index in [0.717, 1.165) is 11.3 Å². The number of carbonyl (C=O) groups excluding carboxylic acids is 2. The number of thiophene rings is 1. The highest BCUT2D eigenvalue weighted by Crippen LogP contribution is 2.27. The summed E-state index contributed by atoms with van der Waals surface area (Å²) in [7, 11) is 0. The van der Waals surface area contributed by atoms with Crippen LogP contribution in [-0.2, 0) is 4.79 Å². The number of rotatable bonds is 3. The van der Waals surface area contributed by atoms with E-state index in [1.54, 1.807) is 18.2 Å². The molecule has 0 atom stereocenters. The smallest absolute Gasteiger partial charge is 0.273 e. The zero-order valence-corrected chi connectivity index (χ0v) is 13.8. The van der Waals surface area contributed by atoms with Gasteiger partial charge in [-0.1, -0.05) is 29.4 Å². The van der Waals surface area contributed by atoms with Gasteiger partial charge in [0.1, 0.15) is 5.82 Å². The molecule has 1 N–H and O–H groups in total. The minimum absolute atomic E-state index is 0.177. The molecule has 1 aliphatic heterocycles. The quantitative estimate of drug-likeness (QED) is 0.844. The van der Waals surface area contributed by atoms with Gasteiger partial charge in [-0.15, -0.1) is 16.4 Å². The molecular weight excluding hydrogens is 361 g/mol. The highest BCUT2D eigenvalue weighted by Gasteiger charge is 2.30. The van der Waals surface area contributed by atoms with Crippen LogP contribution in [-0.4, -0.2) is 22.7 Å². The highest BCUT2D eigenvalue weighted by molar-refractivity contribution is 8.15. The maximum atomic E-state index is 13.3. The van der Waals surface area contributed by atoms with Crippen molar-refractivity contribution in [3.05, 3.63) is 51.4 Å². The van der Waals surface area contributed by atoms with Gasteiger partial charge in [-0.05, 0) is 30.3 Å². The molecule has 2 aromatic rings. The lowest BCUT2D eigenvalue weighted by Gasteiger charge is -2.15. The van der Waals surface area contributed by atoms with Crippen LogP contribution in [0.5, 0.6) is 0 Å². The molecule has 0 spiro atoms. The van der Waals surface area contributed by atoms with Crippen LogP contribution in [0.1, 0.15) is 9.67 Å². The van der Waals surface area contributed by atoms with Crippen molar-refractivity contribution >= 4 is 57.4 Å². The molecule has 0 saturated carbocycles. The predicted octanol–water partition coefficient (Wildman–Crippen LogP) is 3.32. The molecule has 1 aliphatic rings. The third kappa shape index (κ3) is 3.54. The van der Waals surface area contributed by atoms with Crippen molar-refractivity contribution < 1.29 is 14.0 Å². The number of anilines is 1. The van der Waals surface area contributed by atoms with Crippen LogP contribution in [0.4, 0.5) is 10.1 Å². The first-order chi connectivity index (χ1) is 11.0. The van der Waals surface area contributed by atoms with Crippen molar-refractivity contribution in [3.63, 3.8) is 0 Å². The Morgan fingerprint density at radius 2 is 2.17 bits per heavy atom. The molecule has 0 bridgehead atoms. The first-order valence-electron chi connectivity index (χ1n) is 6.39.